The lowest BCUT2D eigenvalue weighted by Crippen LogP contribution is -2.00. The van der Waals surface area contributed by atoms with Crippen molar-refractivity contribution in [3.8, 4) is 17.1 Å². The van der Waals surface area contributed by atoms with Crippen LogP contribution < -0.4 is 10.1 Å². The van der Waals surface area contributed by atoms with Gasteiger partial charge >= 0.3 is 0 Å². The standard InChI is InChI=1S/C19H14FN5O/c1-26-14-5-6-16-15(9-14)19(23-13-4-7-17(20)22-11-13)25-18(24-16)12-3-2-8-21-10-12/h2-11H,1H3,(H,23,24,25). The minimum Gasteiger partial charge on any atom is -0.497 e. The van der Waals surface area contributed by atoms with E-state index in [1.54, 1.807) is 25.6 Å². The summed E-state index contributed by atoms with van der Waals surface area (Å²) in [5.74, 6) is 1.26. The van der Waals surface area contributed by atoms with Crippen molar-refractivity contribution in [3.05, 3.63) is 67.0 Å². The quantitative estimate of drug-likeness (QED) is 0.563. The summed E-state index contributed by atoms with van der Waals surface area (Å²) in [6, 6.07) is 12.2. The minimum atomic E-state index is -0.541. The third-order valence-corrected chi connectivity index (χ3v) is 3.81. The molecule has 0 aliphatic carbocycles. The van der Waals surface area contributed by atoms with Gasteiger partial charge in [-0.2, -0.15) is 4.39 Å². The number of benzene rings is 1. The second-order valence-electron chi connectivity index (χ2n) is 5.52. The van der Waals surface area contributed by atoms with Crippen LogP contribution >= 0.6 is 0 Å². The summed E-state index contributed by atoms with van der Waals surface area (Å²) in [7, 11) is 1.60. The zero-order valence-corrected chi connectivity index (χ0v) is 13.8. The monoisotopic (exact) mass is 347 g/mol. The van der Waals surface area contributed by atoms with E-state index in [0.29, 0.717) is 23.1 Å². The number of hydrogen-bond donors (Lipinski definition) is 1. The molecular weight excluding hydrogens is 333 g/mol. The van der Waals surface area contributed by atoms with E-state index in [-0.39, 0.29) is 0 Å². The maximum Gasteiger partial charge on any atom is 0.212 e. The Labute approximate surface area is 148 Å². The SMILES string of the molecule is COc1ccc2nc(-c3cccnc3)nc(Nc3ccc(F)nc3)c2c1. The van der Waals surface area contributed by atoms with Gasteiger partial charge < -0.3 is 10.1 Å². The summed E-state index contributed by atoms with van der Waals surface area (Å²) in [5, 5.41) is 3.96. The Kier molecular flexibility index (Phi) is 4.10. The Bertz CT molecular complexity index is 1050. The van der Waals surface area contributed by atoms with E-state index < -0.39 is 5.95 Å². The number of pyridine rings is 2. The van der Waals surface area contributed by atoms with Crippen LogP contribution in [0.25, 0.3) is 22.3 Å². The molecule has 0 aliphatic heterocycles. The Balaban J connectivity index is 1.87. The number of ether oxygens (including phenoxy) is 1. The molecule has 0 bridgehead atoms. The lowest BCUT2D eigenvalue weighted by Gasteiger charge is -2.12. The molecule has 0 spiro atoms. The highest BCUT2D eigenvalue weighted by Gasteiger charge is 2.11. The van der Waals surface area contributed by atoms with Crippen LogP contribution in [0.4, 0.5) is 15.9 Å². The van der Waals surface area contributed by atoms with Gasteiger partial charge in [-0.05, 0) is 42.5 Å². The summed E-state index contributed by atoms with van der Waals surface area (Å²) in [4.78, 5) is 17.0. The van der Waals surface area contributed by atoms with Gasteiger partial charge in [0.2, 0.25) is 5.95 Å². The normalized spacial score (nSPS) is 10.7. The molecule has 1 N–H and O–H groups in total. The number of halogens is 1. The predicted molar refractivity (Wildman–Crippen MR) is 96.8 cm³/mol. The topological polar surface area (TPSA) is 72.8 Å². The number of anilines is 2. The van der Waals surface area contributed by atoms with E-state index in [4.69, 9.17) is 4.74 Å². The van der Waals surface area contributed by atoms with Crippen LogP contribution in [0.3, 0.4) is 0 Å². The molecule has 3 heterocycles. The summed E-state index contributed by atoms with van der Waals surface area (Å²) < 4.78 is 18.4. The number of fused-ring (bicyclic) bond motifs is 1. The van der Waals surface area contributed by atoms with Gasteiger partial charge in [0.05, 0.1) is 24.5 Å². The predicted octanol–water partition coefficient (Wildman–Crippen LogP) is 3.98. The third-order valence-electron chi connectivity index (χ3n) is 3.81. The van der Waals surface area contributed by atoms with Crippen molar-refractivity contribution in [1.29, 1.82) is 0 Å². The molecule has 3 aromatic heterocycles. The highest BCUT2D eigenvalue weighted by atomic mass is 19.1. The number of hydrogen-bond acceptors (Lipinski definition) is 6. The van der Waals surface area contributed by atoms with Gasteiger partial charge in [-0.15, -0.1) is 0 Å². The van der Waals surface area contributed by atoms with Gasteiger partial charge in [0.15, 0.2) is 5.82 Å². The number of methoxy groups -OCH3 is 1. The van der Waals surface area contributed by atoms with Crippen LogP contribution in [-0.2, 0) is 0 Å². The molecule has 0 saturated heterocycles. The van der Waals surface area contributed by atoms with Gasteiger partial charge in [-0.3, -0.25) is 4.98 Å². The van der Waals surface area contributed by atoms with E-state index in [9.17, 15) is 4.39 Å². The van der Waals surface area contributed by atoms with E-state index >= 15 is 0 Å². The van der Waals surface area contributed by atoms with Crippen LogP contribution in [0.5, 0.6) is 5.75 Å². The number of aromatic nitrogens is 4. The Hall–Kier alpha value is -3.61. The van der Waals surface area contributed by atoms with Crippen molar-refractivity contribution < 1.29 is 9.13 Å². The average Bonchev–Trinajstić information content (AvgIpc) is 2.70. The maximum absolute atomic E-state index is 13.1. The fourth-order valence-corrected chi connectivity index (χ4v) is 2.54. The second-order valence-corrected chi connectivity index (χ2v) is 5.52. The maximum atomic E-state index is 13.1. The fraction of sp³-hybridized carbons (Fsp3) is 0.0526. The van der Waals surface area contributed by atoms with Crippen molar-refractivity contribution in [2.75, 3.05) is 12.4 Å². The van der Waals surface area contributed by atoms with E-state index in [2.05, 4.69) is 25.3 Å². The minimum absolute atomic E-state index is 0.535. The smallest absolute Gasteiger partial charge is 0.212 e. The van der Waals surface area contributed by atoms with Gasteiger partial charge in [0.25, 0.3) is 0 Å². The fourth-order valence-electron chi connectivity index (χ4n) is 2.54. The van der Waals surface area contributed by atoms with Crippen molar-refractivity contribution in [2.45, 2.75) is 0 Å². The highest BCUT2D eigenvalue weighted by molar-refractivity contribution is 5.93. The summed E-state index contributed by atoms with van der Waals surface area (Å²) in [6.45, 7) is 0. The van der Waals surface area contributed by atoms with Gasteiger partial charge in [0, 0.05) is 23.3 Å². The molecule has 0 fully saturated rings. The lowest BCUT2D eigenvalue weighted by atomic mass is 10.2. The molecular formula is C19H14FN5O. The molecule has 128 valence electrons. The molecule has 26 heavy (non-hydrogen) atoms. The second kappa shape index (κ2) is 6.72. The van der Waals surface area contributed by atoms with Gasteiger partial charge in [-0.1, -0.05) is 0 Å². The lowest BCUT2D eigenvalue weighted by molar-refractivity contribution is 0.415. The molecule has 0 saturated carbocycles. The van der Waals surface area contributed by atoms with Gasteiger partial charge in [0.1, 0.15) is 11.6 Å². The molecule has 4 aromatic rings. The van der Waals surface area contributed by atoms with Crippen LogP contribution in [-0.4, -0.2) is 27.0 Å². The van der Waals surface area contributed by atoms with Crippen molar-refractivity contribution in [1.82, 2.24) is 19.9 Å². The Morgan fingerprint density at radius 2 is 1.96 bits per heavy atom. The first-order valence-electron chi connectivity index (χ1n) is 7.88. The van der Waals surface area contributed by atoms with Crippen LogP contribution in [0, 0.1) is 5.95 Å². The molecule has 0 atom stereocenters. The summed E-state index contributed by atoms with van der Waals surface area (Å²) in [6.07, 6.45) is 4.81. The molecule has 0 unspecified atom stereocenters. The molecule has 6 nitrogen and oxygen atoms in total. The van der Waals surface area contributed by atoms with Gasteiger partial charge in [-0.25, -0.2) is 15.0 Å². The molecule has 0 radical (unpaired) electrons. The van der Waals surface area contributed by atoms with E-state index in [0.717, 1.165) is 16.5 Å². The van der Waals surface area contributed by atoms with Crippen molar-refractivity contribution in [2.24, 2.45) is 0 Å². The van der Waals surface area contributed by atoms with Crippen molar-refractivity contribution in [3.63, 3.8) is 0 Å². The summed E-state index contributed by atoms with van der Waals surface area (Å²) in [5.41, 5.74) is 2.16. The first-order chi connectivity index (χ1) is 12.7. The number of rotatable bonds is 4. The molecule has 7 heteroatoms. The number of nitrogens with zero attached hydrogens (tertiary/aromatic N) is 4. The molecule has 0 amide bonds. The Morgan fingerprint density at radius 3 is 2.69 bits per heavy atom. The Morgan fingerprint density at radius 1 is 1.04 bits per heavy atom. The largest absolute Gasteiger partial charge is 0.497 e. The molecule has 0 aliphatic rings. The summed E-state index contributed by atoms with van der Waals surface area (Å²) >= 11 is 0. The third kappa shape index (κ3) is 3.14. The number of nitrogens with one attached hydrogen (secondary N) is 1. The first-order valence-corrected chi connectivity index (χ1v) is 7.88. The first kappa shape index (κ1) is 15.9. The molecule has 4 rings (SSSR count). The van der Waals surface area contributed by atoms with E-state index in [1.165, 1.54) is 12.3 Å². The zero-order valence-electron chi connectivity index (χ0n) is 13.8. The van der Waals surface area contributed by atoms with Crippen LogP contribution in [0.1, 0.15) is 0 Å². The zero-order chi connectivity index (χ0) is 17.9. The van der Waals surface area contributed by atoms with E-state index in [1.807, 2.05) is 30.3 Å². The van der Waals surface area contributed by atoms with Crippen molar-refractivity contribution >= 4 is 22.4 Å². The molecule has 1 aromatic carbocycles. The average molecular weight is 347 g/mol. The van der Waals surface area contributed by atoms with Crippen LogP contribution in [0.15, 0.2) is 61.1 Å². The van der Waals surface area contributed by atoms with Crippen LogP contribution in [0.2, 0.25) is 0 Å². The highest BCUT2D eigenvalue weighted by Crippen LogP contribution is 2.29.